The molecule has 1 aromatic carbocycles. The van der Waals surface area contributed by atoms with Crippen molar-refractivity contribution in [2.24, 2.45) is 5.73 Å². The highest BCUT2D eigenvalue weighted by atomic mass is 16.6. The summed E-state index contributed by atoms with van der Waals surface area (Å²) in [7, 11) is 0. The molecule has 0 fully saturated rings. The minimum absolute atomic E-state index is 0.0754. The Kier molecular flexibility index (Phi) is 3.10. The third kappa shape index (κ3) is 2.45. The monoisotopic (exact) mass is 233 g/mol. The predicted molar refractivity (Wildman–Crippen MR) is 60.1 cm³/mol. The second-order valence-corrected chi connectivity index (χ2v) is 3.51. The molecule has 7 heteroatoms. The van der Waals surface area contributed by atoms with E-state index in [0.717, 1.165) is 11.3 Å². The zero-order valence-corrected chi connectivity index (χ0v) is 8.98. The molecule has 0 bridgehead atoms. The fourth-order valence-corrected chi connectivity index (χ4v) is 1.47. The van der Waals surface area contributed by atoms with Gasteiger partial charge in [0.05, 0.1) is 23.4 Å². The lowest BCUT2D eigenvalue weighted by atomic mass is 10.2. The Morgan fingerprint density at radius 2 is 2.06 bits per heavy atom. The van der Waals surface area contributed by atoms with Crippen LogP contribution in [0.25, 0.3) is 0 Å². The van der Waals surface area contributed by atoms with Gasteiger partial charge in [-0.3, -0.25) is 10.1 Å². The summed E-state index contributed by atoms with van der Waals surface area (Å²) < 4.78 is 1.67. The first-order valence-corrected chi connectivity index (χ1v) is 5.01. The maximum atomic E-state index is 10.5. The molecule has 1 aromatic heterocycles. The number of rotatable bonds is 4. The third-order valence-corrected chi connectivity index (χ3v) is 2.39. The second kappa shape index (κ2) is 4.71. The van der Waals surface area contributed by atoms with Crippen LogP contribution >= 0.6 is 0 Å². The van der Waals surface area contributed by atoms with E-state index >= 15 is 0 Å². The molecule has 0 aliphatic rings. The molecule has 2 rings (SSSR count). The van der Waals surface area contributed by atoms with Crippen molar-refractivity contribution in [1.29, 1.82) is 0 Å². The van der Waals surface area contributed by atoms with Gasteiger partial charge >= 0.3 is 0 Å². The van der Waals surface area contributed by atoms with Gasteiger partial charge in [-0.1, -0.05) is 17.3 Å². The number of nitro groups is 1. The molecule has 0 spiro atoms. The molecule has 1 heterocycles. The number of nitro benzene ring substituents is 1. The van der Waals surface area contributed by atoms with E-state index in [1.165, 1.54) is 12.1 Å². The smallest absolute Gasteiger partial charge is 0.269 e. The summed E-state index contributed by atoms with van der Waals surface area (Å²) in [5.74, 6) is 0. The molecule has 88 valence electrons. The van der Waals surface area contributed by atoms with Crippen molar-refractivity contribution in [2.45, 2.75) is 13.1 Å². The van der Waals surface area contributed by atoms with Crippen LogP contribution in [0.4, 0.5) is 5.69 Å². The lowest BCUT2D eigenvalue weighted by Gasteiger charge is -2.04. The number of nitrogens with two attached hydrogens (primary N) is 1. The van der Waals surface area contributed by atoms with Gasteiger partial charge in [-0.2, -0.15) is 0 Å². The van der Waals surface area contributed by atoms with Crippen molar-refractivity contribution < 1.29 is 4.92 Å². The maximum absolute atomic E-state index is 10.5. The quantitative estimate of drug-likeness (QED) is 0.618. The van der Waals surface area contributed by atoms with E-state index in [1.54, 1.807) is 23.0 Å². The van der Waals surface area contributed by atoms with Crippen LogP contribution in [0.5, 0.6) is 0 Å². The topological polar surface area (TPSA) is 99.9 Å². The van der Waals surface area contributed by atoms with E-state index in [9.17, 15) is 10.1 Å². The molecular weight excluding hydrogens is 222 g/mol. The zero-order chi connectivity index (χ0) is 12.3. The van der Waals surface area contributed by atoms with E-state index < -0.39 is 4.92 Å². The normalized spacial score (nSPS) is 10.4. The first-order valence-electron chi connectivity index (χ1n) is 5.01. The van der Waals surface area contributed by atoms with Gasteiger partial charge < -0.3 is 5.73 Å². The number of aromatic nitrogens is 3. The molecule has 0 aliphatic heterocycles. The van der Waals surface area contributed by atoms with Crippen LogP contribution in [-0.4, -0.2) is 19.9 Å². The molecule has 0 amide bonds. The highest BCUT2D eigenvalue weighted by Gasteiger charge is 2.06. The largest absolute Gasteiger partial charge is 0.325 e. The fraction of sp³-hybridized carbons (Fsp3) is 0.200. The molecule has 0 atom stereocenters. The van der Waals surface area contributed by atoms with Crippen molar-refractivity contribution in [3.05, 3.63) is 51.8 Å². The molecule has 0 saturated heterocycles. The van der Waals surface area contributed by atoms with Gasteiger partial charge in [0.15, 0.2) is 0 Å². The minimum Gasteiger partial charge on any atom is -0.325 e. The standard InChI is InChI=1S/C10H11N5O2/c11-5-10-6-12-13-14(10)7-8-1-3-9(4-2-8)15(16)17/h1-4,6H,5,7,11H2. The number of benzene rings is 1. The molecule has 0 saturated carbocycles. The first-order chi connectivity index (χ1) is 8.20. The summed E-state index contributed by atoms with van der Waals surface area (Å²) in [6, 6.07) is 6.32. The minimum atomic E-state index is -0.426. The van der Waals surface area contributed by atoms with Crippen LogP contribution in [0.3, 0.4) is 0 Å². The third-order valence-electron chi connectivity index (χ3n) is 2.39. The van der Waals surface area contributed by atoms with Gasteiger partial charge in [-0.25, -0.2) is 4.68 Å². The summed E-state index contributed by atoms with van der Waals surface area (Å²) in [6.07, 6.45) is 1.60. The molecule has 0 aliphatic carbocycles. The summed E-state index contributed by atoms with van der Waals surface area (Å²) >= 11 is 0. The Hall–Kier alpha value is -2.28. The molecule has 2 aromatic rings. The summed E-state index contributed by atoms with van der Waals surface area (Å²) in [5.41, 5.74) is 7.33. The molecule has 2 N–H and O–H groups in total. The van der Waals surface area contributed by atoms with Crippen molar-refractivity contribution in [1.82, 2.24) is 15.0 Å². The molecule has 0 radical (unpaired) electrons. The van der Waals surface area contributed by atoms with E-state index in [4.69, 9.17) is 5.73 Å². The fourth-order valence-electron chi connectivity index (χ4n) is 1.47. The van der Waals surface area contributed by atoms with Gasteiger partial charge in [0.25, 0.3) is 5.69 Å². The van der Waals surface area contributed by atoms with Crippen LogP contribution < -0.4 is 5.73 Å². The Bertz CT molecular complexity index is 520. The highest BCUT2D eigenvalue weighted by Crippen LogP contribution is 2.12. The Balaban J connectivity index is 2.16. The predicted octanol–water partition coefficient (Wildman–Crippen LogP) is 0.693. The van der Waals surface area contributed by atoms with E-state index in [0.29, 0.717) is 13.1 Å². The molecular formula is C10H11N5O2. The SMILES string of the molecule is NCc1cnnn1Cc1ccc([N+](=O)[O-])cc1. The van der Waals surface area contributed by atoms with Crippen LogP contribution in [0, 0.1) is 10.1 Å². The summed E-state index contributed by atoms with van der Waals surface area (Å²) in [6.45, 7) is 0.866. The van der Waals surface area contributed by atoms with E-state index in [2.05, 4.69) is 10.3 Å². The van der Waals surface area contributed by atoms with E-state index in [-0.39, 0.29) is 5.69 Å². The summed E-state index contributed by atoms with van der Waals surface area (Å²) in [4.78, 5) is 10.1. The Morgan fingerprint density at radius 1 is 1.35 bits per heavy atom. The lowest BCUT2D eigenvalue weighted by Crippen LogP contribution is -2.09. The average molecular weight is 233 g/mol. The van der Waals surface area contributed by atoms with Crippen molar-refractivity contribution >= 4 is 5.69 Å². The Labute approximate surface area is 97.0 Å². The molecule has 0 unspecified atom stereocenters. The molecule has 7 nitrogen and oxygen atoms in total. The maximum Gasteiger partial charge on any atom is 0.269 e. The average Bonchev–Trinajstić information content (AvgIpc) is 2.77. The van der Waals surface area contributed by atoms with Gasteiger partial charge in [0, 0.05) is 18.7 Å². The summed E-state index contributed by atoms with van der Waals surface area (Å²) in [5, 5.41) is 18.1. The first kappa shape index (κ1) is 11.2. The Morgan fingerprint density at radius 3 is 2.65 bits per heavy atom. The van der Waals surface area contributed by atoms with Crippen LogP contribution in [0.15, 0.2) is 30.5 Å². The highest BCUT2D eigenvalue weighted by molar-refractivity contribution is 5.32. The van der Waals surface area contributed by atoms with Crippen molar-refractivity contribution in [2.75, 3.05) is 0 Å². The number of hydrogen-bond donors (Lipinski definition) is 1. The molecule has 17 heavy (non-hydrogen) atoms. The van der Waals surface area contributed by atoms with E-state index in [1.807, 2.05) is 0 Å². The van der Waals surface area contributed by atoms with Gasteiger partial charge in [0.2, 0.25) is 0 Å². The van der Waals surface area contributed by atoms with Crippen molar-refractivity contribution in [3.63, 3.8) is 0 Å². The number of hydrogen-bond acceptors (Lipinski definition) is 5. The van der Waals surface area contributed by atoms with Crippen LogP contribution in [0.2, 0.25) is 0 Å². The second-order valence-electron chi connectivity index (χ2n) is 3.51. The zero-order valence-electron chi connectivity index (χ0n) is 8.98. The van der Waals surface area contributed by atoms with Gasteiger partial charge in [0.1, 0.15) is 0 Å². The van der Waals surface area contributed by atoms with Gasteiger partial charge in [-0.15, -0.1) is 5.10 Å². The number of non-ortho nitro benzene ring substituents is 1. The van der Waals surface area contributed by atoms with Crippen LogP contribution in [-0.2, 0) is 13.1 Å². The van der Waals surface area contributed by atoms with Gasteiger partial charge in [-0.05, 0) is 5.56 Å². The van der Waals surface area contributed by atoms with Crippen molar-refractivity contribution in [3.8, 4) is 0 Å². The van der Waals surface area contributed by atoms with Crippen LogP contribution in [0.1, 0.15) is 11.3 Å². The lowest BCUT2D eigenvalue weighted by molar-refractivity contribution is -0.384. The number of nitrogens with zero attached hydrogens (tertiary/aromatic N) is 4.